The summed E-state index contributed by atoms with van der Waals surface area (Å²) in [5.74, 6) is 0. The summed E-state index contributed by atoms with van der Waals surface area (Å²) >= 11 is 3.95. The van der Waals surface area contributed by atoms with E-state index < -0.39 is 0 Å². The maximum atomic E-state index is 3.95. The van der Waals surface area contributed by atoms with Crippen molar-refractivity contribution in [1.29, 1.82) is 0 Å². The molecule has 0 rings (SSSR count). The van der Waals surface area contributed by atoms with Gasteiger partial charge in [0, 0.05) is 0 Å². The van der Waals surface area contributed by atoms with Gasteiger partial charge in [0.2, 0.25) is 0 Å². The van der Waals surface area contributed by atoms with E-state index in [1.54, 1.807) is 0 Å². The van der Waals surface area contributed by atoms with Crippen molar-refractivity contribution in [2.45, 2.75) is 27.2 Å². The van der Waals surface area contributed by atoms with Crippen LogP contribution in [0, 0.1) is 0 Å². The summed E-state index contributed by atoms with van der Waals surface area (Å²) in [5.41, 5.74) is 1.01. The Balaban J connectivity index is 0. The van der Waals surface area contributed by atoms with Crippen LogP contribution in [0.15, 0.2) is 35.8 Å². The third-order valence-corrected chi connectivity index (χ3v) is 0.709. The van der Waals surface area contributed by atoms with Gasteiger partial charge < -0.3 is 0 Å². The lowest BCUT2D eigenvalue weighted by Crippen LogP contribution is -1.60. The van der Waals surface area contributed by atoms with Gasteiger partial charge in [-0.05, 0) is 17.9 Å². The topological polar surface area (TPSA) is 0 Å². The molecule has 0 saturated heterocycles. The van der Waals surface area contributed by atoms with Crippen molar-refractivity contribution in [2.75, 3.05) is 0 Å². The van der Waals surface area contributed by atoms with Gasteiger partial charge in [-0.3, -0.25) is 0 Å². The van der Waals surface area contributed by atoms with E-state index in [4.69, 9.17) is 0 Å². The van der Waals surface area contributed by atoms with Crippen molar-refractivity contribution < 1.29 is 0 Å². The minimum absolute atomic E-state index is 0.757. The van der Waals surface area contributed by atoms with Crippen molar-refractivity contribution >= 4 is 12.6 Å². The molecule has 0 unspecified atom stereocenters. The fourth-order valence-electron chi connectivity index (χ4n) is 0.238. The standard InChI is InChI=1S/C7H10S.C3H8/c1-6(2)4-5-7(3)8;1-3-2/h4-5,8H,1,3H2,2H3;3H2,1-2H3/b5-4-;. The highest BCUT2D eigenvalue weighted by Gasteiger charge is 1.73. The van der Waals surface area contributed by atoms with E-state index in [-0.39, 0.29) is 0 Å². The molecule has 0 radical (unpaired) electrons. The molecule has 0 N–H and O–H groups in total. The van der Waals surface area contributed by atoms with Crippen molar-refractivity contribution in [2.24, 2.45) is 0 Å². The molecular weight excluding hydrogens is 152 g/mol. The molecule has 0 aromatic carbocycles. The summed E-state index contributed by atoms with van der Waals surface area (Å²) in [6.07, 6.45) is 4.93. The molecule has 64 valence electrons. The maximum absolute atomic E-state index is 3.95. The molecule has 0 bridgehead atoms. The van der Waals surface area contributed by atoms with Gasteiger partial charge in [-0.15, -0.1) is 12.6 Å². The van der Waals surface area contributed by atoms with Crippen LogP contribution >= 0.6 is 12.6 Å². The number of rotatable bonds is 2. The zero-order chi connectivity index (χ0) is 9.28. The quantitative estimate of drug-likeness (QED) is 0.470. The minimum Gasteiger partial charge on any atom is -0.144 e. The summed E-state index contributed by atoms with van der Waals surface area (Å²) in [6, 6.07) is 0. The molecule has 0 saturated carbocycles. The Morgan fingerprint density at radius 3 is 1.73 bits per heavy atom. The molecule has 0 amide bonds. The van der Waals surface area contributed by atoms with Crippen LogP contribution in [0.3, 0.4) is 0 Å². The zero-order valence-electron chi connectivity index (χ0n) is 7.72. The number of allylic oxidation sites excluding steroid dienone is 3. The van der Waals surface area contributed by atoms with Gasteiger partial charge in [-0.1, -0.05) is 45.1 Å². The highest BCUT2D eigenvalue weighted by molar-refractivity contribution is 7.84. The molecule has 0 atom stereocenters. The number of thiol groups is 1. The summed E-state index contributed by atoms with van der Waals surface area (Å²) in [4.78, 5) is 0.757. The zero-order valence-corrected chi connectivity index (χ0v) is 8.62. The Hall–Kier alpha value is -0.430. The van der Waals surface area contributed by atoms with Gasteiger partial charge in [-0.2, -0.15) is 0 Å². The Morgan fingerprint density at radius 2 is 1.64 bits per heavy atom. The van der Waals surface area contributed by atoms with Crippen molar-refractivity contribution in [3.8, 4) is 0 Å². The predicted octanol–water partition coefficient (Wildman–Crippen LogP) is 3.98. The van der Waals surface area contributed by atoms with Crippen LogP contribution in [-0.4, -0.2) is 0 Å². The Morgan fingerprint density at radius 1 is 1.27 bits per heavy atom. The molecule has 0 nitrogen and oxygen atoms in total. The Labute approximate surface area is 76.1 Å². The third kappa shape index (κ3) is 26.3. The fraction of sp³-hybridized carbons (Fsp3) is 0.400. The van der Waals surface area contributed by atoms with Crippen LogP contribution < -0.4 is 0 Å². The van der Waals surface area contributed by atoms with Crippen LogP contribution in [0.25, 0.3) is 0 Å². The molecular formula is C10H18S. The SMILES string of the molecule is C=C(C)/C=C\C(=C)S.CCC. The largest absolute Gasteiger partial charge is 0.144 e. The third-order valence-electron chi connectivity index (χ3n) is 0.560. The molecule has 0 aliphatic carbocycles. The molecule has 1 heteroatoms. The lowest BCUT2D eigenvalue weighted by molar-refractivity contribution is 1.09. The molecule has 0 aliphatic rings. The predicted molar refractivity (Wildman–Crippen MR) is 58.0 cm³/mol. The first-order valence-electron chi connectivity index (χ1n) is 3.76. The molecule has 0 spiro atoms. The highest BCUT2D eigenvalue weighted by atomic mass is 32.1. The van der Waals surface area contributed by atoms with Crippen LogP contribution in [0.1, 0.15) is 27.2 Å². The number of hydrogen-bond acceptors (Lipinski definition) is 1. The molecule has 0 aromatic rings. The van der Waals surface area contributed by atoms with E-state index >= 15 is 0 Å². The smallest absolute Gasteiger partial charge is 0.00319 e. The van der Waals surface area contributed by atoms with Crippen LogP contribution in [0.4, 0.5) is 0 Å². The molecule has 0 aliphatic heterocycles. The van der Waals surface area contributed by atoms with Gasteiger partial charge in [0.15, 0.2) is 0 Å². The average molecular weight is 170 g/mol. The second-order valence-electron chi connectivity index (χ2n) is 2.38. The first-order chi connectivity index (χ1) is 5.04. The van der Waals surface area contributed by atoms with E-state index in [9.17, 15) is 0 Å². The van der Waals surface area contributed by atoms with Crippen LogP contribution in [0.5, 0.6) is 0 Å². The van der Waals surface area contributed by atoms with E-state index in [2.05, 4.69) is 39.6 Å². The Bertz CT molecular complexity index is 127. The second-order valence-corrected chi connectivity index (χ2v) is 2.95. The summed E-state index contributed by atoms with van der Waals surface area (Å²) in [5, 5.41) is 0. The van der Waals surface area contributed by atoms with Crippen molar-refractivity contribution in [3.05, 3.63) is 35.8 Å². The molecule has 0 aromatic heterocycles. The molecule has 11 heavy (non-hydrogen) atoms. The Kier molecular flexibility index (Phi) is 11.5. The lowest BCUT2D eigenvalue weighted by Gasteiger charge is -1.83. The summed E-state index contributed by atoms with van der Waals surface area (Å²) in [7, 11) is 0. The van der Waals surface area contributed by atoms with Crippen LogP contribution in [-0.2, 0) is 0 Å². The highest BCUT2D eigenvalue weighted by Crippen LogP contribution is 1.99. The fourth-order valence-corrected chi connectivity index (χ4v) is 0.313. The van der Waals surface area contributed by atoms with Crippen molar-refractivity contribution in [3.63, 3.8) is 0 Å². The minimum atomic E-state index is 0.757. The first kappa shape index (κ1) is 13.2. The van der Waals surface area contributed by atoms with E-state index in [0.29, 0.717) is 0 Å². The molecule has 0 heterocycles. The number of hydrogen-bond donors (Lipinski definition) is 1. The molecule has 0 fully saturated rings. The van der Waals surface area contributed by atoms with Crippen LogP contribution in [0.2, 0.25) is 0 Å². The van der Waals surface area contributed by atoms with Gasteiger partial charge in [0.05, 0.1) is 0 Å². The summed E-state index contributed by atoms with van der Waals surface area (Å²) < 4.78 is 0. The van der Waals surface area contributed by atoms with E-state index in [1.807, 2.05) is 19.1 Å². The average Bonchev–Trinajstić information content (AvgIpc) is 1.85. The van der Waals surface area contributed by atoms with E-state index in [0.717, 1.165) is 10.5 Å². The van der Waals surface area contributed by atoms with Gasteiger partial charge >= 0.3 is 0 Å². The van der Waals surface area contributed by atoms with Gasteiger partial charge in [0.25, 0.3) is 0 Å². The normalized spacial score (nSPS) is 8.73. The van der Waals surface area contributed by atoms with Gasteiger partial charge in [-0.25, -0.2) is 0 Å². The first-order valence-corrected chi connectivity index (χ1v) is 4.20. The second kappa shape index (κ2) is 9.57. The van der Waals surface area contributed by atoms with Crippen molar-refractivity contribution in [1.82, 2.24) is 0 Å². The van der Waals surface area contributed by atoms with Gasteiger partial charge in [0.1, 0.15) is 0 Å². The summed E-state index contributed by atoms with van der Waals surface area (Å²) in [6.45, 7) is 13.4. The van der Waals surface area contributed by atoms with E-state index in [1.165, 1.54) is 6.42 Å². The maximum Gasteiger partial charge on any atom is -0.00319 e. The monoisotopic (exact) mass is 170 g/mol. The lowest BCUT2D eigenvalue weighted by atomic mass is 10.3.